The van der Waals surface area contributed by atoms with E-state index in [1.165, 1.54) is 12.8 Å². The number of phenolic OH excluding ortho intramolecular Hbond substituents is 1. The largest absolute Gasteiger partial charge is 0.506 e. The topological polar surface area (TPSA) is 46.2 Å². The minimum atomic E-state index is -0.113. The molecule has 2 nitrogen and oxygen atoms in total. The molecule has 1 saturated carbocycles. The van der Waals surface area contributed by atoms with Gasteiger partial charge in [-0.1, -0.05) is 24.4 Å². The number of hydrogen-bond donors (Lipinski definition) is 2. The first kappa shape index (κ1) is 12.2. The number of hydrogen-bond acceptors (Lipinski definition) is 2. The molecular formula is C12H15BrClNO. The van der Waals surface area contributed by atoms with Crippen molar-refractivity contribution in [2.75, 3.05) is 0 Å². The van der Waals surface area contributed by atoms with Crippen molar-refractivity contribution in [3.63, 3.8) is 0 Å². The third-order valence-corrected chi connectivity index (χ3v) is 4.15. The van der Waals surface area contributed by atoms with E-state index in [-0.39, 0.29) is 11.8 Å². The standard InChI is InChI=1S/C12H15BrClNO/c13-10-6-8(14)5-9(12(10)16)11(15)7-3-1-2-4-7/h5-7,11,16H,1-4,15H2/t11-/m0/s1. The van der Waals surface area contributed by atoms with E-state index in [1.54, 1.807) is 12.1 Å². The molecule has 2 rings (SSSR count). The molecule has 0 amide bonds. The molecule has 1 aromatic rings. The summed E-state index contributed by atoms with van der Waals surface area (Å²) >= 11 is 9.26. The molecule has 16 heavy (non-hydrogen) atoms. The lowest BCUT2D eigenvalue weighted by atomic mass is 9.92. The monoisotopic (exact) mass is 303 g/mol. The summed E-state index contributed by atoms with van der Waals surface area (Å²) < 4.78 is 0.614. The molecule has 1 atom stereocenters. The van der Waals surface area contributed by atoms with Crippen molar-refractivity contribution in [3.8, 4) is 5.75 Å². The summed E-state index contributed by atoms with van der Waals surface area (Å²) in [5.41, 5.74) is 6.96. The molecule has 0 spiro atoms. The van der Waals surface area contributed by atoms with E-state index in [0.29, 0.717) is 15.4 Å². The molecule has 0 heterocycles. The minimum absolute atomic E-state index is 0.113. The number of benzene rings is 1. The van der Waals surface area contributed by atoms with Crippen molar-refractivity contribution < 1.29 is 5.11 Å². The first-order chi connectivity index (χ1) is 7.59. The summed E-state index contributed by atoms with van der Waals surface area (Å²) in [4.78, 5) is 0. The fraction of sp³-hybridized carbons (Fsp3) is 0.500. The number of nitrogens with two attached hydrogens (primary N) is 1. The number of halogens is 2. The third-order valence-electron chi connectivity index (χ3n) is 3.32. The van der Waals surface area contributed by atoms with Crippen molar-refractivity contribution in [1.82, 2.24) is 0 Å². The van der Waals surface area contributed by atoms with Gasteiger partial charge >= 0.3 is 0 Å². The van der Waals surface area contributed by atoms with Gasteiger partial charge in [-0.3, -0.25) is 0 Å². The SMILES string of the molecule is N[C@H](c1cc(Cl)cc(Br)c1O)C1CCCC1. The van der Waals surface area contributed by atoms with Crippen LogP contribution < -0.4 is 5.73 Å². The maximum absolute atomic E-state index is 9.97. The molecule has 3 N–H and O–H groups in total. The second kappa shape index (κ2) is 4.94. The molecule has 1 aromatic carbocycles. The summed E-state index contributed by atoms with van der Waals surface area (Å²) in [5.74, 6) is 0.695. The number of phenols is 1. The Morgan fingerprint density at radius 3 is 2.62 bits per heavy atom. The first-order valence-corrected chi connectivity index (χ1v) is 6.70. The fourth-order valence-electron chi connectivity index (χ4n) is 2.41. The molecule has 0 aliphatic heterocycles. The van der Waals surface area contributed by atoms with Crippen LogP contribution in [-0.2, 0) is 0 Å². The molecule has 1 fully saturated rings. The third kappa shape index (κ3) is 2.36. The quantitative estimate of drug-likeness (QED) is 0.867. The Kier molecular flexibility index (Phi) is 3.77. The van der Waals surface area contributed by atoms with Gasteiger partial charge in [0.2, 0.25) is 0 Å². The van der Waals surface area contributed by atoms with Crippen LogP contribution >= 0.6 is 27.5 Å². The summed E-state index contributed by atoms with van der Waals surface area (Å²) in [6.45, 7) is 0. The van der Waals surface area contributed by atoms with Crippen LogP contribution in [0.2, 0.25) is 5.02 Å². The first-order valence-electron chi connectivity index (χ1n) is 5.53. The lowest BCUT2D eigenvalue weighted by Crippen LogP contribution is -2.19. The Balaban J connectivity index is 2.31. The van der Waals surface area contributed by atoms with E-state index in [1.807, 2.05) is 0 Å². The highest BCUT2D eigenvalue weighted by atomic mass is 79.9. The zero-order valence-corrected chi connectivity index (χ0v) is 11.3. The molecule has 0 unspecified atom stereocenters. The highest BCUT2D eigenvalue weighted by Gasteiger charge is 2.26. The Hall–Kier alpha value is -0.250. The summed E-state index contributed by atoms with van der Waals surface area (Å²) in [6, 6.07) is 3.34. The average molecular weight is 305 g/mol. The summed E-state index contributed by atoms with van der Waals surface area (Å²) in [6.07, 6.45) is 4.76. The van der Waals surface area contributed by atoms with Gasteiger partial charge in [-0.05, 0) is 46.8 Å². The predicted octanol–water partition coefficient (Wildman–Crippen LogP) is 4.00. The maximum atomic E-state index is 9.97. The Bertz CT molecular complexity index is 391. The van der Waals surface area contributed by atoms with Crippen molar-refractivity contribution in [2.45, 2.75) is 31.7 Å². The zero-order chi connectivity index (χ0) is 11.7. The van der Waals surface area contributed by atoms with Gasteiger partial charge < -0.3 is 10.8 Å². The highest BCUT2D eigenvalue weighted by molar-refractivity contribution is 9.10. The number of aromatic hydroxyl groups is 1. The van der Waals surface area contributed by atoms with Gasteiger partial charge in [-0.15, -0.1) is 0 Å². The molecule has 1 aliphatic rings. The van der Waals surface area contributed by atoms with E-state index >= 15 is 0 Å². The molecule has 0 aromatic heterocycles. The lowest BCUT2D eigenvalue weighted by Gasteiger charge is -2.21. The van der Waals surface area contributed by atoms with Gasteiger partial charge in [0.1, 0.15) is 5.75 Å². The zero-order valence-electron chi connectivity index (χ0n) is 8.92. The molecule has 0 radical (unpaired) electrons. The molecule has 0 bridgehead atoms. The van der Waals surface area contributed by atoms with E-state index < -0.39 is 0 Å². The van der Waals surface area contributed by atoms with E-state index in [9.17, 15) is 5.11 Å². The molecule has 0 saturated heterocycles. The van der Waals surface area contributed by atoms with Crippen molar-refractivity contribution in [3.05, 3.63) is 27.2 Å². The van der Waals surface area contributed by atoms with Crippen LogP contribution in [0.3, 0.4) is 0 Å². The minimum Gasteiger partial charge on any atom is -0.506 e. The second-order valence-electron chi connectivity index (χ2n) is 4.40. The lowest BCUT2D eigenvalue weighted by molar-refractivity contribution is 0.411. The van der Waals surface area contributed by atoms with Gasteiger partial charge in [-0.2, -0.15) is 0 Å². The van der Waals surface area contributed by atoms with Crippen molar-refractivity contribution in [2.24, 2.45) is 11.7 Å². The highest BCUT2D eigenvalue weighted by Crippen LogP contribution is 2.41. The fourth-order valence-corrected chi connectivity index (χ4v) is 3.24. The molecule has 4 heteroatoms. The van der Waals surface area contributed by atoms with Crippen LogP contribution in [-0.4, -0.2) is 5.11 Å². The van der Waals surface area contributed by atoms with E-state index in [4.69, 9.17) is 17.3 Å². The average Bonchev–Trinajstić information content (AvgIpc) is 2.75. The van der Waals surface area contributed by atoms with E-state index in [2.05, 4.69) is 15.9 Å². The predicted molar refractivity (Wildman–Crippen MR) is 69.7 cm³/mol. The van der Waals surface area contributed by atoms with Crippen LogP contribution in [0, 0.1) is 5.92 Å². The summed E-state index contributed by atoms with van der Waals surface area (Å²) in [5, 5.41) is 10.6. The number of rotatable bonds is 2. The summed E-state index contributed by atoms with van der Waals surface area (Å²) in [7, 11) is 0. The van der Waals surface area contributed by atoms with E-state index in [0.717, 1.165) is 18.4 Å². The van der Waals surface area contributed by atoms with Gasteiger partial charge in [0.25, 0.3) is 0 Å². The van der Waals surface area contributed by atoms with Gasteiger partial charge in [0.05, 0.1) is 4.47 Å². The van der Waals surface area contributed by atoms with Crippen LogP contribution in [0.1, 0.15) is 37.3 Å². The molecule has 1 aliphatic carbocycles. The van der Waals surface area contributed by atoms with Crippen LogP contribution in [0.4, 0.5) is 0 Å². The van der Waals surface area contributed by atoms with Crippen molar-refractivity contribution in [1.29, 1.82) is 0 Å². The van der Waals surface area contributed by atoms with Gasteiger partial charge in [-0.25, -0.2) is 0 Å². The molecule has 88 valence electrons. The second-order valence-corrected chi connectivity index (χ2v) is 5.69. The Morgan fingerprint density at radius 2 is 2.00 bits per heavy atom. The smallest absolute Gasteiger partial charge is 0.134 e. The van der Waals surface area contributed by atoms with Crippen molar-refractivity contribution >= 4 is 27.5 Å². The van der Waals surface area contributed by atoms with Crippen LogP contribution in [0.5, 0.6) is 5.75 Å². The van der Waals surface area contributed by atoms with Gasteiger partial charge in [0.15, 0.2) is 0 Å². The van der Waals surface area contributed by atoms with Crippen LogP contribution in [0.15, 0.2) is 16.6 Å². The van der Waals surface area contributed by atoms with Gasteiger partial charge in [0, 0.05) is 16.6 Å². The Morgan fingerprint density at radius 1 is 1.38 bits per heavy atom. The normalized spacial score (nSPS) is 18.9. The maximum Gasteiger partial charge on any atom is 0.134 e. The molecular weight excluding hydrogens is 289 g/mol. The Labute approximate surface area is 109 Å². The van der Waals surface area contributed by atoms with Crippen LogP contribution in [0.25, 0.3) is 0 Å².